The monoisotopic (exact) mass is 498 g/mol. The Balaban J connectivity index is 1.20. The van der Waals surface area contributed by atoms with E-state index < -0.39 is 0 Å². The van der Waals surface area contributed by atoms with E-state index in [1.165, 1.54) is 24.3 Å². The fraction of sp³-hybridized carbons (Fsp3) is 0.214. The van der Waals surface area contributed by atoms with Crippen LogP contribution in [-0.4, -0.2) is 64.2 Å². The highest BCUT2D eigenvalue weighted by Crippen LogP contribution is 2.41. The molecule has 1 saturated heterocycles. The van der Waals surface area contributed by atoms with Crippen LogP contribution >= 0.6 is 0 Å². The van der Waals surface area contributed by atoms with Gasteiger partial charge >= 0.3 is 0 Å². The number of hydrogen-bond acceptors (Lipinski definition) is 5. The molecular formula is C28H24F2N6O. The zero-order valence-electron chi connectivity index (χ0n) is 20.0. The average Bonchev–Trinajstić information content (AvgIpc) is 3.47. The van der Waals surface area contributed by atoms with Gasteiger partial charge in [0.15, 0.2) is 5.75 Å². The van der Waals surface area contributed by atoms with Gasteiger partial charge in [0.05, 0.1) is 17.2 Å². The minimum absolute atomic E-state index is 0.304. The van der Waals surface area contributed by atoms with Crippen LogP contribution in [0.1, 0.15) is 0 Å². The zero-order chi connectivity index (χ0) is 24.9. The Bertz CT molecular complexity index is 1660. The molecule has 0 saturated carbocycles. The molecule has 4 heterocycles. The second-order valence-corrected chi connectivity index (χ2v) is 9.42. The standard InChI is InChI=1S/C28H24F2N6O/c29-17-1-3-23-19(13-17)21-15-22-20-14-18(30)2-4-24(20)34-27(22)28(26(21)33-23)37-12-11-35-7-9-36(10-8-35)25-16-31-5-6-32-25/h1-6,13-16,33-34H,7-12H2. The Labute approximate surface area is 210 Å². The van der Waals surface area contributed by atoms with E-state index in [0.717, 1.165) is 82.2 Å². The number of piperazine rings is 1. The van der Waals surface area contributed by atoms with Crippen LogP contribution < -0.4 is 9.64 Å². The van der Waals surface area contributed by atoms with E-state index >= 15 is 0 Å². The molecule has 9 heteroatoms. The largest absolute Gasteiger partial charge is 0.488 e. The van der Waals surface area contributed by atoms with E-state index in [1.807, 2.05) is 6.07 Å². The van der Waals surface area contributed by atoms with Gasteiger partial charge in [0.1, 0.15) is 24.1 Å². The summed E-state index contributed by atoms with van der Waals surface area (Å²) in [5, 5.41) is 3.24. The molecule has 0 amide bonds. The van der Waals surface area contributed by atoms with Gasteiger partial charge in [0.2, 0.25) is 0 Å². The average molecular weight is 499 g/mol. The van der Waals surface area contributed by atoms with Gasteiger partial charge in [-0.25, -0.2) is 13.8 Å². The van der Waals surface area contributed by atoms with E-state index in [2.05, 4.69) is 29.7 Å². The van der Waals surface area contributed by atoms with Crippen LogP contribution in [-0.2, 0) is 0 Å². The molecule has 0 bridgehead atoms. The molecule has 7 nitrogen and oxygen atoms in total. The van der Waals surface area contributed by atoms with Gasteiger partial charge in [-0.2, -0.15) is 0 Å². The fourth-order valence-corrected chi connectivity index (χ4v) is 5.37. The van der Waals surface area contributed by atoms with Crippen molar-refractivity contribution in [1.82, 2.24) is 24.8 Å². The number of benzene rings is 3. The normalized spacial score (nSPS) is 14.9. The minimum Gasteiger partial charge on any atom is -0.488 e. The minimum atomic E-state index is -0.304. The molecule has 1 aliphatic rings. The molecule has 1 aliphatic heterocycles. The van der Waals surface area contributed by atoms with Gasteiger partial charge in [-0.3, -0.25) is 9.88 Å². The number of nitrogens with zero attached hydrogens (tertiary/aromatic N) is 4. The first-order valence-electron chi connectivity index (χ1n) is 12.3. The number of rotatable bonds is 5. The van der Waals surface area contributed by atoms with Crippen LogP contribution in [0.25, 0.3) is 43.6 Å². The highest BCUT2D eigenvalue weighted by Gasteiger charge is 2.20. The quantitative estimate of drug-likeness (QED) is 0.341. The van der Waals surface area contributed by atoms with Gasteiger partial charge < -0.3 is 19.6 Å². The van der Waals surface area contributed by atoms with Crippen molar-refractivity contribution in [1.29, 1.82) is 0 Å². The summed E-state index contributed by atoms with van der Waals surface area (Å²) in [7, 11) is 0. The molecular weight excluding hydrogens is 474 g/mol. The summed E-state index contributed by atoms with van der Waals surface area (Å²) >= 11 is 0. The molecule has 6 aromatic rings. The van der Waals surface area contributed by atoms with Crippen molar-refractivity contribution in [3.05, 3.63) is 72.7 Å². The first-order chi connectivity index (χ1) is 18.1. The second-order valence-electron chi connectivity index (χ2n) is 9.42. The summed E-state index contributed by atoms with van der Waals surface area (Å²) in [5.41, 5.74) is 3.24. The maximum atomic E-state index is 14.1. The number of anilines is 1. The molecule has 3 aromatic heterocycles. The van der Waals surface area contributed by atoms with E-state index in [0.29, 0.717) is 12.4 Å². The third-order valence-electron chi connectivity index (χ3n) is 7.24. The van der Waals surface area contributed by atoms with Gasteiger partial charge in [0.25, 0.3) is 0 Å². The van der Waals surface area contributed by atoms with E-state index in [-0.39, 0.29) is 11.6 Å². The summed E-state index contributed by atoms with van der Waals surface area (Å²) in [5.74, 6) is 0.958. The van der Waals surface area contributed by atoms with Crippen molar-refractivity contribution in [3.63, 3.8) is 0 Å². The Morgan fingerprint density at radius 1 is 0.784 bits per heavy atom. The van der Waals surface area contributed by atoms with E-state index in [4.69, 9.17) is 4.74 Å². The molecule has 1 fully saturated rings. The number of aromatic amines is 2. The maximum absolute atomic E-state index is 14.1. The summed E-state index contributed by atoms with van der Waals surface area (Å²) in [4.78, 5) is 20.0. The van der Waals surface area contributed by atoms with Gasteiger partial charge in [-0.15, -0.1) is 0 Å². The van der Waals surface area contributed by atoms with Crippen molar-refractivity contribution >= 4 is 49.4 Å². The zero-order valence-corrected chi connectivity index (χ0v) is 20.0. The summed E-state index contributed by atoms with van der Waals surface area (Å²) < 4.78 is 34.7. The van der Waals surface area contributed by atoms with Crippen LogP contribution in [0, 0.1) is 11.6 Å². The molecule has 0 radical (unpaired) electrons. The molecule has 7 rings (SSSR count). The number of fused-ring (bicyclic) bond motifs is 6. The summed E-state index contributed by atoms with van der Waals surface area (Å²) in [6, 6.07) is 11.4. The Morgan fingerprint density at radius 2 is 1.43 bits per heavy atom. The molecule has 0 unspecified atom stereocenters. The van der Waals surface area contributed by atoms with Crippen LogP contribution in [0.5, 0.6) is 5.75 Å². The molecule has 2 N–H and O–H groups in total. The Hall–Kier alpha value is -4.24. The number of ether oxygens (including phenoxy) is 1. The maximum Gasteiger partial charge on any atom is 0.167 e. The third-order valence-corrected chi connectivity index (χ3v) is 7.24. The predicted molar refractivity (Wildman–Crippen MR) is 141 cm³/mol. The molecule has 186 valence electrons. The van der Waals surface area contributed by atoms with Crippen LogP contribution in [0.4, 0.5) is 14.6 Å². The number of aromatic nitrogens is 4. The van der Waals surface area contributed by atoms with Crippen LogP contribution in [0.2, 0.25) is 0 Å². The molecule has 0 atom stereocenters. The highest BCUT2D eigenvalue weighted by molar-refractivity contribution is 6.20. The van der Waals surface area contributed by atoms with Gasteiger partial charge in [-0.05, 0) is 42.5 Å². The lowest BCUT2D eigenvalue weighted by Crippen LogP contribution is -2.47. The smallest absolute Gasteiger partial charge is 0.167 e. The number of halogens is 2. The Morgan fingerprint density at radius 3 is 2.03 bits per heavy atom. The van der Waals surface area contributed by atoms with Crippen molar-refractivity contribution in [2.24, 2.45) is 0 Å². The molecule has 37 heavy (non-hydrogen) atoms. The van der Waals surface area contributed by atoms with Crippen molar-refractivity contribution < 1.29 is 13.5 Å². The van der Waals surface area contributed by atoms with Crippen molar-refractivity contribution in [2.75, 3.05) is 44.2 Å². The predicted octanol–water partition coefficient (Wildman–Crippen LogP) is 5.22. The van der Waals surface area contributed by atoms with Crippen molar-refractivity contribution in [3.8, 4) is 5.75 Å². The van der Waals surface area contributed by atoms with Gasteiger partial charge in [0, 0.05) is 77.7 Å². The molecule has 0 spiro atoms. The SMILES string of the molecule is Fc1ccc2[nH]c3c(OCCN4CCN(c5cnccn5)CC4)c4[nH]c5ccc(F)cc5c4cc3c2c1. The second kappa shape index (κ2) is 8.70. The topological polar surface area (TPSA) is 73.1 Å². The number of nitrogens with one attached hydrogen (secondary N) is 2. The molecule has 0 aliphatic carbocycles. The first-order valence-corrected chi connectivity index (χ1v) is 12.3. The highest BCUT2D eigenvalue weighted by atomic mass is 19.1. The fourth-order valence-electron chi connectivity index (χ4n) is 5.37. The van der Waals surface area contributed by atoms with Crippen LogP contribution in [0.15, 0.2) is 61.1 Å². The molecule has 3 aromatic carbocycles. The first kappa shape index (κ1) is 22.0. The van der Waals surface area contributed by atoms with E-state index in [1.54, 1.807) is 30.7 Å². The number of H-pyrrole nitrogens is 2. The van der Waals surface area contributed by atoms with Crippen molar-refractivity contribution in [2.45, 2.75) is 0 Å². The number of hydrogen-bond donors (Lipinski definition) is 2. The van der Waals surface area contributed by atoms with Crippen LogP contribution in [0.3, 0.4) is 0 Å². The van der Waals surface area contributed by atoms with E-state index in [9.17, 15) is 8.78 Å². The lowest BCUT2D eigenvalue weighted by atomic mass is 10.1. The Kier molecular flexibility index (Phi) is 5.17. The third kappa shape index (κ3) is 3.82. The van der Waals surface area contributed by atoms with Gasteiger partial charge in [-0.1, -0.05) is 0 Å². The summed E-state index contributed by atoms with van der Waals surface area (Å²) in [6.45, 7) is 4.79. The summed E-state index contributed by atoms with van der Waals surface area (Å²) in [6.07, 6.45) is 5.19. The lowest BCUT2D eigenvalue weighted by molar-refractivity contribution is 0.202. The lowest BCUT2D eigenvalue weighted by Gasteiger charge is -2.35.